The van der Waals surface area contributed by atoms with Crippen molar-refractivity contribution in [3.8, 4) is 5.75 Å². The van der Waals surface area contributed by atoms with Crippen LogP contribution in [0.1, 0.15) is 26.7 Å². The van der Waals surface area contributed by atoms with Gasteiger partial charge < -0.3 is 14.8 Å². The zero-order valence-corrected chi connectivity index (χ0v) is 15.9. The van der Waals surface area contributed by atoms with Gasteiger partial charge in [0.2, 0.25) is 0 Å². The number of carbonyl (C=O) groups excluding carboxylic acids is 1. The molecule has 0 radical (unpaired) electrons. The molecule has 2 aliphatic rings. The summed E-state index contributed by atoms with van der Waals surface area (Å²) in [6, 6.07) is 7.51. The summed E-state index contributed by atoms with van der Waals surface area (Å²) < 4.78 is 10.1. The zero-order valence-electron chi connectivity index (χ0n) is 15.1. The van der Waals surface area contributed by atoms with Crippen LogP contribution in [0.15, 0.2) is 39.9 Å². The van der Waals surface area contributed by atoms with Crippen LogP contribution in [0.4, 0.5) is 5.69 Å². The fourth-order valence-electron chi connectivity index (χ4n) is 3.20. The molecule has 0 spiro atoms. The topological polar surface area (TPSA) is 59.9 Å². The largest absolute Gasteiger partial charge is 0.497 e. The number of fused-ring (bicyclic) bond motifs is 1. The molecule has 6 heteroatoms. The molecule has 1 aliphatic carbocycles. The Balaban J connectivity index is 1.90. The Hall–Kier alpha value is -1.95. The summed E-state index contributed by atoms with van der Waals surface area (Å²) in [6.07, 6.45) is 1.82. The van der Waals surface area contributed by atoms with Crippen molar-refractivity contribution < 1.29 is 14.3 Å². The van der Waals surface area contributed by atoms with Crippen molar-refractivity contribution in [2.45, 2.75) is 32.7 Å². The van der Waals surface area contributed by atoms with E-state index in [2.05, 4.69) is 19.2 Å². The number of benzene rings is 1. The Morgan fingerprint density at radius 2 is 1.96 bits per heavy atom. The van der Waals surface area contributed by atoms with Gasteiger partial charge >= 0.3 is 5.97 Å². The number of carbonyl (C=O) groups is 1. The van der Waals surface area contributed by atoms with E-state index in [1.54, 1.807) is 18.9 Å². The summed E-state index contributed by atoms with van der Waals surface area (Å²) in [7, 11) is 3.08. The van der Waals surface area contributed by atoms with Gasteiger partial charge in [0.15, 0.2) is 6.04 Å². The minimum absolute atomic E-state index is 0.0930. The molecule has 1 aromatic carbocycles. The lowest BCUT2D eigenvalue weighted by atomic mass is 9.78. The number of nitrogens with one attached hydrogen (secondary N) is 1. The number of hydrogen-bond donors (Lipinski definition) is 1. The number of allylic oxidation sites excluding steroid dienone is 2. The summed E-state index contributed by atoms with van der Waals surface area (Å²) in [5.74, 6) is 1.20. The maximum atomic E-state index is 11.8. The van der Waals surface area contributed by atoms with Gasteiger partial charge in [0.1, 0.15) is 5.75 Å². The number of methoxy groups -OCH3 is 2. The Morgan fingerprint density at radius 1 is 1.24 bits per heavy atom. The third kappa shape index (κ3) is 4.00. The summed E-state index contributed by atoms with van der Waals surface area (Å²) in [6.45, 7) is 4.46. The summed E-state index contributed by atoms with van der Waals surface area (Å²) >= 11 is 1.70. The SMILES string of the molecule is COC(=O)C1CSC2=C(Nc3ccc(OC)cc3)CC(C)(C)CC2=N1. The Morgan fingerprint density at radius 3 is 2.60 bits per heavy atom. The van der Waals surface area contributed by atoms with Gasteiger partial charge in [-0.05, 0) is 42.5 Å². The van der Waals surface area contributed by atoms with Crippen LogP contribution in [-0.2, 0) is 9.53 Å². The monoisotopic (exact) mass is 360 g/mol. The van der Waals surface area contributed by atoms with Gasteiger partial charge in [-0.1, -0.05) is 13.8 Å². The van der Waals surface area contributed by atoms with E-state index in [4.69, 9.17) is 14.5 Å². The summed E-state index contributed by atoms with van der Waals surface area (Å²) in [5.41, 5.74) is 3.30. The van der Waals surface area contributed by atoms with Gasteiger partial charge in [0, 0.05) is 22.0 Å². The first-order chi connectivity index (χ1) is 11.9. The minimum atomic E-state index is -0.398. The van der Waals surface area contributed by atoms with Crippen molar-refractivity contribution in [3.63, 3.8) is 0 Å². The fourth-order valence-corrected chi connectivity index (χ4v) is 4.32. The van der Waals surface area contributed by atoms with Gasteiger partial charge in [0.05, 0.1) is 19.9 Å². The van der Waals surface area contributed by atoms with Crippen molar-refractivity contribution >= 4 is 29.1 Å². The molecule has 134 valence electrons. The van der Waals surface area contributed by atoms with E-state index >= 15 is 0 Å². The van der Waals surface area contributed by atoms with E-state index in [-0.39, 0.29) is 11.4 Å². The lowest BCUT2D eigenvalue weighted by Gasteiger charge is -2.36. The van der Waals surface area contributed by atoms with E-state index in [9.17, 15) is 4.79 Å². The van der Waals surface area contributed by atoms with Crippen LogP contribution < -0.4 is 10.1 Å². The maximum Gasteiger partial charge on any atom is 0.331 e. The normalized spacial score (nSPS) is 21.9. The third-order valence-electron chi connectivity index (χ3n) is 4.39. The molecular weight excluding hydrogens is 336 g/mol. The number of nitrogens with zero attached hydrogens (tertiary/aromatic N) is 1. The molecule has 3 rings (SSSR count). The highest BCUT2D eigenvalue weighted by atomic mass is 32.2. The van der Waals surface area contributed by atoms with E-state index in [0.717, 1.165) is 30.0 Å². The van der Waals surface area contributed by atoms with E-state index in [1.165, 1.54) is 17.7 Å². The number of esters is 1. The maximum absolute atomic E-state index is 11.8. The van der Waals surface area contributed by atoms with Gasteiger partial charge in [-0.3, -0.25) is 4.99 Å². The first-order valence-electron chi connectivity index (χ1n) is 8.34. The van der Waals surface area contributed by atoms with Crippen molar-refractivity contribution in [1.82, 2.24) is 0 Å². The molecule has 1 N–H and O–H groups in total. The fraction of sp³-hybridized carbons (Fsp3) is 0.474. The molecule has 5 nitrogen and oxygen atoms in total. The molecule has 1 unspecified atom stereocenters. The first kappa shape index (κ1) is 17.9. The standard InChI is InChI=1S/C19H24N2O3S/c1-19(2)9-14(20-12-5-7-13(23-3)8-6-12)17-15(10-19)21-16(11-25-17)18(22)24-4/h5-8,16,20H,9-11H2,1-4H3. The number of thioether (sulfide) groups is 1. The summed E-state index contributed by atoms with van der Waals surface area (Å²) in [4.78, 5) is 17.7. The zero-order chi connectivity index (χ0) is 18.0. The summed E-state index contributed by atoms with van der Waals surface area (Å²) in [5, 5.41) is 3.55. The van der Waals surface area contributed by atoms with Gasteiger partial charge in [-0.25, -0.2) is 4.79 Å². The molecule has 1 atom stereocenters. The molecular formula is C19H24N2O3S. The molecule has 0 aromatic heterocycles. The van der Waals surface area contributed by atoms with E-state index < -0.39 is 6.04 Å². The van der Waals surface area contributed by atoms with Gasteiger partial charge in [-0.2, -0.15) is 0 Å². The Kier molecular flexibility index (Phi) is 5.08. The van der Waals surface area contributed by atoms with Crippen molar-refractivity contribution in [1.29, 1.82) is 0 Å². The molecule has 0 saturated carbocycles. The number of rotatable bonds is 4. The number of ether oxygens (including phenoxy) is 2. The van der Waals surface area contributed by atoms with Crippen LogP contribution in [0, 0.1) is 5.41 Å². The number of anilines is 1. The molecule has 25 heavy (non-hydrogen) atoms. The average molecular weight is 360 g/mol. The van der Waals surface area contributed by atoms with Crippen LogP contribution in [-0.4, -0.2) is 37.7 Å². The van der Waals surface area contributed by atoms with E-state index in [1.807, 2.05) is 24.3 Å². The highest BCUT2D eigenvalue weighted by Gasteiger charge is 2.36. The molecule has 1 heterocycles. The molecule has 1 aliphatic heterocycles. The predicted octanol–water partition coefficient (Wildman–Crippen LogP) is 3.87. The van der Waals surface area contributed by atoms with Crippen molar-refractivity contribution in [3.05, 3.63) is 34.9 Å². The lowest BCUT2D eigenvalue weighted by Crippen LogP contribution is -2.34. The van der Waals surface area contributed by atoms with Gasteiger partial charge in [-0.15, -0.1) is 11.8 Å². The number of aliphatic imine (C=N–C) groups is 1. The smallest absolute Gasteiger partial charge is 0.331 e. The highest BCUT2D eigenvalue weighted by molar-refractivity contribution is 8.04. The third-order valence-corrected chi connectivity index (χ3v) is 5.65. The van der Waals surface area contributed by atoms with E-state index in [0.29, 0.717) is 5.75 Å². The molecule has 0 fully saturated rings. The molecule has 0 bridgehead atoms. The number of hydrogen-bond acceptors (Lipinski definition) is 6. The molecule has 1 aromatic rings. The van der Waals surface area contributed by atoms with Crippen LogP contribution >= 0.6 is 11.8 Å². The van der Waals surface area contributed by atoms with Crippen molar-refractivity contribution in [2.75, 3.05) is 25.3 Å². The second-order valence-electron chi connectivity index (χ2n) is 7.10. The molecule has 0 amide bonds. The van der Waals surface area contributed by atoms with Gasteiger partial charge in [0.25, 0.3) is 0 Å². The quantitative estimate of drug-likeness (QED) is 0.826. The minimum Gasteiger partial charge on any atom is -0.497 e. The average Bonchev–Trinajstić information content (AvgIpc) is 2.60. The van der Waals surface area contributed by atoms with Crippen LogP contribution in [0.3, 0.4) is 0 Å². The predicted molar refractivity (Wildman–Crippen MR) is 102 cm³/mol. The van der Waals surface area contributed by atoms with Crippen molar-refractivity contribution in [2.24, 2.45) is 10.4 Å². The van der Waals surface area contributed by atoms with Crippen LogP contribution in [0.2, 0.25) is 0 Å². The second kappa shape index (κ2) is 7.12. The van der Waals surface area contributed by atoms with Crippen LogP contribution in [0.25, 0.3) is 0 Å². The first-order valence-corrected chi connectivity index (χ1v) is 9.32. The Labute approximate surface area is 152 Å². The Bertz CT molecular complexity index is 723. The second-order valence-corrected chi connectivity index (χ2v) is 8.13. The molecule has 0 saturated heterocycles. The lowest BCUT2D eigenvalue weighted by molar-refractivity contribution is -0.141. The van der Waals surface area contributed by atoms with Crippen LogP contribution in [0.5, 0.6) is 5.75 Å². The highest BCUT2D eigenvalue weighted by Crippen LogP contribution is 2.43.